The zero-order valence-corrected chi connectivity index (χ0v) is 21.8. The number of rotatable bonds is 27. The van der Waals surface area contributed by atoms with E-state index in [0.29, 0.717) is 65.7 Å². The van der Waals surface area contributed by atoms with Gasteiger partial charge in [-0.25, -0.2) is 0 Å². The number of unbranched alkanes of at least 4 members (excludes halogenated alkanes) is 8. The molecule has 0 heterocycles. The zero-order valence-electron chi connectivity index (χ0n) is 21.8. The summed E-state index contributed by atoms with van der Waals surface area (Å²) in [7, 11) is 0. The summed E-state index contributed by atoms with van der Waals surface area (Å²) in [6.45, 7) is 8.45. The van der Waals surface area contributed by atoms with Crippen molar-refractivity contribution in [3.63, 3.8) is 0 Å². The second-order valence-electron chi connectivity index (χ2n) is 8.22. The van der Waals surface area contributed by atoms with Crippen LogP contribution in [0.25, 0.3) is 0 Å². The van der Waals surface area contributed by atoms with Crippen molar-refractivity contribution in [1.82, 2.24) is 0 Å². The molecule has 0 bridgehead atoms. The van der Waals surface area contributed by atoms with Crippen LogP contribution < -0.4 is 0 Å². The van der Waals surface area contributed by atoms with Crippen LogP contribution in [0.4, 0.5) is 0 Å². The second-order valence-corrected chi connectivity index (χ2v) is 8.22. The summed E-state index contributed by atoms with van der Waals surface area (Å²) < 4.78 is 31.8. The minimum absolute atomic E-state index is 0.141. The maximum Gasteiger partial charge on any atom is 0.305 e. The fourth-order valence-electron chi connectivity index (χ4n) is 3.08. The predicted octanol–water partition coefficient (Wildman–Crippen LogP) is 4.86. The Balaban J connectivity index is 3.17. The first kappa shape index (κ1) is 32.8. The zero-order chi connectivity index (χ0) is 25.0. The Morgan fingerprint density at radius 1 is 0.412 bits per heavy atom. The molecule has 0 radical (unpaired) electrons. The lowest BCUT2D eigenvalue weighted by atomic mass is 10.1. The van der Waals surface area contributed by atoms with E-state index in [1.165, 1.54) is 32.1 Å². The fourth-order valence-corrected chi connectivity index (χ4v) is 3.08. The second kappa shape index (κ2) is 28.0. The first-order valence-electron chi connectivity index (χ1n) is 13.3. The SMILES string of the molecule is CCCCCCCCCC(=O)OCCOCCOCCOCCOCCOC(=O)CCCCC. The van der Waals surface area contributed by atoms with Crippen LogP contribution in [0.15, 0.2) is 0 Å². The lowest BCUT2D eigenvalue weighted by molar-refractivity contribution is -0.146. The van der Waals surface area contributed by atoms with Crippen molar-refractivity contribution in [3.8, 4) is 0 Å². The molecule has 0 aromatic carbocycles. The highest BCUT2D eigenvalue weighted by Gasteiger charge is 2.03. The molecule has 0 aliphatic heterocycles. The minimum Gasteiger partial charge on any atom is -0.463 e. The Labute approximate surface area is 207 Å². The topological polar surface area (TPSA) is 89.5 Å². The van der Waals surface area contributed by atoms with Crippen LogP contribution in [-0.2, 0) is 38.0 Å². The van der Waals surface area contributed by atoms with Crippen LogP contribution in [0, 0.1) is 0 Å². The first-order chi connectivity index (χ1) is 16.7. The van der Waals surface area contributed by atoms with Gasteiger partial charge in [-0.2, -0.15) is 0 Å². The number of ether oxygens (including phenoxy) is 6. The molecule has 0 aromatic heterocycles. The molecule has 8 nitrogen and oxygen atoms in total. The van der Waals surface area contributed by atoms with Gasteiger partial charge in [0.15, 0.2) is 0 Å². The molecule has 0 spiro atoms. The number of hydrogen-bond donors (Lipinski definition) is 0. The third-order valence-electron chi connectivity index (χ3n) is 5.07. The van der Waals surface area contributed by atoms with E-state index in [9.17, 15) is 9.59 Å². The van der Waals surface area contributed by atoms with Crippen LogP contribution in [0.3, 0.4) is 0 Å². The Hall–Kier alpha value is -1.22. The molecular formula is C26H50O8. The van der Waals surface area contributed by atoms with E-state index >= 15 is 0 Å². The van der Waals surface area contributed by atoms with Crippen LogP contribution in [-0.4, -0.2) is 78.0 Å². The number of carbonyl (C=O) groups excluding carboxylic acids is 2. The van der Waals surface area contributed by atoms with Crippen molar-refractivity contribution in [2.45, 2.75) is 90.9 Å². The maximum atomic E-state index is 11.6. The Morgan fingerprint density at radius 3 is 1.12 bits per heavy atom. The van der Waals surface area contributed by atoms with Crippen LogP contribution >= 0.6 is 0 Å². The molecule has 34 heavy (non-hydrogen) atoms. The summed E-state index contributed by atoms with van der Waals surface area (Å²) in [6, 6.07) is 0. The van der Waals surface area contributed by atoms with E-state index in [1.54, 1.807) is 0 Å². The maximum absolute atomic E-state index is 11.6. The van der Waals surface area contributed by atoms with Gasteiger partial charge in [0.25, 0.3) is 0 Å². The Morgan fingerprint density at radius 2 is 0.706 bits per heavy atom. The van der Waals surface area contributed by atoms with Gasteiger partial charge in [0.2, 0.25) is 0 Å². The number of carbonyl (C=O) groups is 2. The van der Waals surface area contributed by atoms with Crippen molar-refractivity contribution in [2.24, 2.45) is 0 Å². The van der Waals surface area contributed by atoms with Gasteiger partial charge >= 0.3 is 11.9 Å². The van der Waals surface area contributed by atoms with E-state index in [0.717, 1.165) is 32.1 Å². The summed E-state index contributed by atoms with van der Waals surface area (Å²) in [5.74, 6) is -0.299. The van der Waals surface area contributed by atoms with E-state index in [2.05, 4.69) is 13.8 Å². The molecule has 0 fully saturated rings. The molecule has 0 aliphatic rings. The highest BCUT2D eigenvalue weighted by Crippen LogP contribution is 2.08. The normalized spacial score (nSPS) is 11.0. The molecule has 0 amide bonds. The molecule has 8 heteroatoms. The summed E-state index contributed by atoms with van der Waals surface area (Å²) in [6.07, 6.45) is 12.3. The quantitative estimate of drug-likeness (QED) is 0.119. The van der Waals surface area contributed by atoms with Gasteiger partial charge in [0.05, 0.1) is 52.9 Å². The molecule has 0 aliphatic carbocycles. The molecule has 0 aromatic rings. The highest BCUT2D eigenvalue weighted by molar-refractivity contribution is 5.69. The van der Waals surface area contributed by atoms with E-state index < -0.39 is 0 Å². The summed E-state index contributed by atoms with van der Waals surface area (Å²) >= 11 is 0. The summed E-state index contributed by atoms with van der Waals surface area (Å²) in [5, 5.41) is 0. The van der Waals surface area contributed by atoms with Gasteiger partial charge in [0, 0.05) is 12.8 Å². The Kier molecular flexibility index (Phi) is 27.0. The van der Waals surface area contributed by atoms with Crippen molar-refractivity contribution in [2.75, 3.05) is 66.1 Å². The number of hydrogen-bond acceptors (Lipinski definition) is 8. The molecule has 0 rings (SSSR count). The lowest BCUT2D eigenvalue weighted by Crippen LogP contribution is -2.15. The van der Waals surface area contributed by atoms with Crippen molar-refractivity contribution in [3.05, 3.63) is 0 Å². The van der Waals surface area contributed by atoms with Crippen LogP contribution in [0.1, 0.15) is 90.9 Å². The predicted molar refractivity (Wildman–Crippen MR) is 132 cm³/mol. The summed E-state index contributed by atoms with van der Waals surface area (Å²) in [4.78, 5) is 23.0. The van der Waals surface area contributed by atoms with Crippen molar-refractivity contribution < 1.29 is 38.0 Å². The van der Waals surface area contributed by atoms with E-state index in [4.69, 9.17) is 28.4 Å². The Bertz CT molecular complexity index is 445. The van der Waals surface area contributed by atoms with E-state index in [1.807, 2.05) is 0 Å². The smallest absolute Gasteiger partial charge is 0.305 e. The molecule has 0 saturated heterocycles. The van der Waals surface area contributed by atoms with Gasteiger partial charge in [-0.15, -0.1) is 0 Å². The van der Waals surface area contributed by atoms with Crippen molar-refractivity contribution in [1.29, 1.82) is 0 Å². The molecular weight excluding hydrogens is 440 g/mol. The van der Waals surface area contributed by atoms with Gasteiger partial charge in [-0.1, -0.05) is 65.2 Å². The number of esters is 2. The third kappa shape index (κ3) is 27.0. The molecule has 202 valence electrons. The van der Waals surface area contributed by atoms with Gasteiger partial charge < -0.3 is 28.4 Å². The monoisotopic (exact) mass is 490 g/mol. The average molecular weight is 491 g/mol. The van der Waals surface area contributed by atoms with E-state index in [-0.39, 0.29) is 25.2 Å². The molecule has 0 atom stereocenters. The van der Waals surface area contributed by atoms with Gasteiger partial charge in [-0.3, -0.25) is 9.59 Å². The summed E-state index contributed by atoms with van der Waals surface area (Å²) in [5.41, 5.74) is 0. The molecule has 0 N–H and O–H groups in total. The third-order valence-corrected chi connectivity index (χ3v) is 5.07. The van der Waals surface area contributed by atoms with Crippen molar-refractivity contribution >= 4 is 11.9 Å². The average Bonchev–Trinajstić information content (AvgIpc) is 2.83. The molecule has 0 unspecified atom stereocenters. The molecule has 0 saturated carbocycles. The minimum atomic E-state index is -0.158. The highest BCUT2D eigenvalue weighted by atomic mass is 16.6. The lowest BCUT2D eigenvalue weighted by Gasteiger charge is -2.08. The van der Waals surface area contributed by atoms with Crippen LogP contribution in [0.5, 0.6) is 0 Å². The van der Waals surface area contributed by atoms with Gasteiger partial charge in [0.1, 0.15) is 13.2 Å². The van der Waals surface area contributed by atoms with Gasteiger partial charge in [-0.05, 0) is 12.8 Å². The van der Waals surface area contributed by atoms with Crippen LogP contribution in [0.2, 0.25) is 0 Å². The largest absolute Gasteiger partial charge is 0.463 e. The standard InChI is InChI=1S/C26H50O8/c1-3-5-7-8-9-10-12-14-26(28)34-24-22-32-20-18-30-16-15-29-17-19-31-21-23-33-25(27)13-11-6-4-2/h3-24H2,1-2H3. The first-order valence-corrected chi connectivity index (χ1v) is 13.3. The fraction of sp³-hybridized carbons (Fsp3) is 0.923.